The van der Waals surface area contributed by atoms with Gasteiger partial charge in [-0.15, -0.1) is 0 Å². The maximum Gasteiger partial charge on any atom is 0.156 e. The number of aliphatic hydroxyl groups is 1. The number of rotatable bonds is 5. The van der Waals surface area contributed by atoms with Crippen molar-refractivity contribution in [3.63, 3.8) is 0 Å². The Morgan fingerprint density at radius 3 is 2.74 bits per heavy atom. The number of carbonyl (C=O) groups excluding carboxylic acids is 1. The number of aliphatic hydroxyl groups excluding tert-OH is 1. The molecule has 5 nitrogen and oxygen atoms in total. The quantitative estimate of drug-likeness (QED) is 0.693. The number of ketones is 1. The van der Waals surface area contributed by atoms with Gasteiger partial charge in [0.15, 0.2) is 5.78 Å². The topological polar surface area (TPSA) is 62.1 Å². The SMILES string of the molecule is COC[C@]12CC[C@@H](O)C[C@@H]1CC[C@@H]1C2CCC[C@@H](C(=O)CN2CC(C)C=N2)CC[C@@H]1C. The van der Waals surface area contributed by atoms with Crippen LogP contribution in [0.1, 0.15) is 78.1 Å². The number of nitrogens with zero attached hydrogens (tertiary/aromatic N) is 2. The van der Waals surface area contributed by atoms with Crippen LogP contribution in [-0.4, -0.2) is 55.0 Å². The Hall–Kier alpha value is -0.940. The van der Waals surface area contributed by atoms with Gasteiger partial charge in [0, 0.05) is 31.7 Å². The highest BCUT2D eigenvalue weighted by molar-refractivity contribution is 5.83. The lowest BCUT2D eigenvalue weighted by Crippen LogP contribution is -2.53. The summed E-state index contributed by atoms with van der Waals surface area (Å²) in [5.74, 6) is 3.70. The van der Waals surface area contributed by atoms with E-state index in [4.69, 9.17) is 4.74 Å². The summed E-state index contributed by atoms with van der Waals surface area (Å²) >= 11 is 0. The highest BCUT2D eigenvalue weighted by Gasteiger charge is 2.54. The molecule has 1 N–H and O–H groups in total. The van der Waals surface area contributed by atoms with Crippen LogP contribution in [-0.2, 0) is 9.53 Å². The predicted molar refractivity (Wildman–Crippen MR) is 124 cm³/mol. The normalized spacial score (nSPS) is 43.5. The Kier molecular flexibility index (Phi) is 7.42. The number of hydrazone groups is 1. The third-order valence-corrected chi connectivity index (χ3v) is 9.38. The molecule has 3 aliphatic carbocycles. The highest BCUT2D eigenvalue weighted by atomic mass is 16.5. The molecular formula is C26H44N2O3. The Morgan fingerprint density at radius 1 is 1.16 bits per heavy atom. The first kappa shape index (κ1) is 23.2. The average Bonchev–Trinajstić information content (AvgIpc) is 3.17. The van der Waals surface area contributed by atoms with Crippen LogP contribution >= 0.6 is 0 Å². The van der Waals surface area contributed by atoms with E-state index in [0.29, 0.717) is 36.0 Å². The van der Waals surface area contributed by atoms with Crippen LogP contribution in [0.5, 0.6) is 0 Å². The van der Waals surface area contributed by atoms with Crippen LogP contribution in [0.25, 0.3) is 0 Å². The summed E-state index contributed by atoms with van der Waals surface area (Å²) in [5.41, 5.74) is 0.232. The molecule has 2 unspecified atom stereocenters. The van der Waals surface area contributed by atoms with E-state index >= 15 is 0 Å². The van der Waals surface area contributed by atoms with Gasteiger partial charge in [-0.2, -0.15) is 5.10 Å². The molecule has 1 aliphatic heterocycles. The van der Waals surface area contributed by atoms with E-state index in [1.165, 1.54) is 19.3 Å². The molecule has 31 heavy (non-hydrogen) atoms. The standard InChI is InChI=1S/C26H44N2O3/c1-18-14-27-28(15-18)16-25(30)20-5-4-6-24-23(19(2)7-8-20)10-9-21-13-22(29)11-12-26(21,24)17-31-3/h14,18-24,29H,4-13,15-17H2,1-3H3/t18?,19-,20+,21-,22+,23-,24?,26+/m0/s1. The smallest absolute Gasteiger partial charge is 0.156 e. The fraction of sp³-hybridized carbons (Fsp3) is 0.923. The summed E-state index contributed by atoms with van der Waals surface area (Å²) in [6.45, 7) is 6.80. The van der Waals surface area contributed by atoms with Crippen molar-refractivity contribution >= 4 is 12.0 Å². The molecule has 1 heterocycles. The number of hydrogen-bond acceptors (Lipinski definition) is 5. The van der Waals surface area contributed by atoms with Gasteiger partial charge in [0.2, 0.25) is 0 Å². The lowest BCUT2D eigenvalue weighted by Gasteiger charge is -2.57. The van der Waals surface area contributed by atoms with Crippen molar-refractivity contribution in [2.75, 3.05) is 26.8 Å². The largest absolute Gasteiger partial charge is 0.393 e. The molecule has 4 aliphatic rings. The van der Waals surface area contributed by atoms with Crippen LogP contribution in [0.2, 0.25) is 0 Å². The van der Waals surface area contributed by atoms with Gasteiger partial charge in [-0.05, 0) is 86.9 Å². The zero-order valence-corrected chi connectivity index (χ0v) is 20.0. The first-order valence-corrected chi connectivity index (χ1v) is 12.9. The van der Waals surface area contributed by atoms with Crippen LogP contribution in [0.15, 0.2) is 5.10 Å². The van der Waals surface area contributed by atoms with E-state index in [9.17, 15) is 9.90 Å². The van der Waals surface area contributed by atoms with Crippen molar-refractivity contribution in [2.24, 2.45) is 46.0 Å². The molecule has 0 radical (unpaired) electrons. The van der Waals surface area contributed by atoms with Crippen LogP contribution in [0, 0.1) is 40.9 Å². The molecule has 0 aromatic rings. The zero-order valence-electron chi connectivity index (χ0n) is 20.0. The maximum absolute atomic E-state index is 13.1. The van der Waals surface area contributed by atoms with Crippen molar-refractivity contribution in [1.29, 1.82) is 0 Å². The third-order valence-electron chi connectivity index (χ3n) is 9.38. The molecule has 0 bridgehead atoms. The molecule has 0 aromatic heterocycles. The van der Waals surface area contributed by atoms with Crippen molar-refractivity contribution < 1.29 is 14.6 Å². The molecule has 0 saturated heterocycles. The van der Waals surface area contributed by atoms with Gasteiger partial charge in [-0.3, -0.25) is 9.80 Å². The minimum Gasteiger partial charge on any atom is -0.393 e. The summed E-state index contributed by atoms with van der Waals surface area (Å²) < 4.78 is 5.85. The number of fused-ring (bicyclic) bond motifs is 3. The van der Waals surface area contributed by atoms with Gasteiger partial charge in [-0.25, -0.2) is 0 Å². The van der Waals surface area contributed by atoms with Gasteiger partial charge >= 0.3 is 0 Å². The molecule has 3 saturated carbocycles. The number of hydrogen-bond donors (Lipinski definition) is 1. The Morgan fingerprint density at radius 2 is 2.00 bits per heavy atom. The minimum absolute atomic E-state index is 0.127. The van der Waals surface area contributed by atoms with E-state index in [1.54, 1.807) is 0 Å². The van der Waals surface area contributed by atoms with E-state index in [1.807, 2.05) is 18.3 Å². The average molecular weight is 433 g/mol. The molecule has 5 heteroatoms. The summed E-state index contributed by atoms with van der Waals surface area (Å²) in [6.07, 6.45) is 12.9. The van der Waals surface area contributed by atoms with E-state index < -0.39 is 0 Å². The molecular weight excluding hydrogens is 388 g/mol. The Labute approximate surface area is 189 Å². The summed E-state index contributed by atoms with van der Waals surface area (Å²) in [6, 6.07) is 0. The molecule has 0 aromatic carbocycles. The van der Waals surface area contributed by atoms with Gasteiger partial charge in [0.1, 0.15) is 0 Å². The fourth-order valence-corrected chi connectivity index (χ4v) is 7.76. The lowest BCUT2D eigenvalue weighted by molar-refractivity contribution is -0.129. The second kappa shape index (κ2) is 9.91. The van der Waals surface area contributed by atoms with Gasteiger partial charge < -0.3 is 9.84 Å². The number of methoxy groups -OCH3 is 1. The monoisotopic (exact) mass is 432 g/mol. The maximum atomic E-state index is 13.1. The summed E-state index contributed by atoms with van der Waals surface area (Å²) in [5, 5.41) is 16.7. The Balaban J connectivity index is 1.46. The number of ether oxygens (including phenoxy) is 1. The van der Waals surface area contributed by atoms with Crippen molar-refractivity contribution in [3.8, 4) is 0 Å². The van der Waals surface area contributed by atoms with Gasteiger partial charge in [-0.1, -0.05) is 20.3 Å². The Bertz CT molecular complexity index is 653. The van der Waals surface area contributed by atoms with Crippen molar-refractivity contribution in [2.45, 2.75) is 84.2 Å². The second-order valence-corrected chi connectivity index (χ2v) is 11.4. The van der Waals surface area contributed by atoms with Crippen LogP contribution < -0.4 is 0 Å². The van der Waals surface area contributed by atoms with E-state index in [-0.39, 0.29) is 17.4 Å². The van der Waals surface area contributed by atoms with Crippen molar-refractivity contribution in [3.05, 3.63) is 0 Å². The molecule has 0 spiro atoms. The highest BCUT2D eigenvalue weighted by Crippen LogP contribution is 2.59. The van der Waals surface area contributed by atoms with Crippen LogP contribution in [0.4, 0.5) is 0 Å². The van der Waals surface area contributed by atoms with E-state index in [2.05, 4.69) is 18.9 Å². The summed E-state index contributed by atoms with van der Waals surface area (Å²) in [4.78, 5) is 13.1. The number of carbonyl (C=O) groups is 1. The molecule has 176 valence electrons. The second-order valence-electron chi connectivity index (χ2n) is 11.4. The van der Waals surface area contributed by atoms with Crippen molar-refractivity contribution in [1.82, 2.24) is 5.01 Å². The first-order valence-electron chi connectivity index (χ1n) is 12.9. The van der Waals surface area contributed by atoms with Gasteiger partial charge in [0.25, 0.3) is 0 Å². The fourth-order valence-electron chi connectivity index (χ4n) is 7.76. The molecule has 0 amide bonds. The predicted octanol–water partition coefficient (Wildman–Crippen LogP) is 4.53. The molecule has 8 atom stereocenters. The third kappa shape index (κ3) is 4.88. The van der Waals surface area contributed by atoms with Gasteiger partial charge in [0.05, 0.1) is 19.3 Å². The summed E-state index contributed by atoms with van der Waals surface area (Å²) in [7, 11) is 1.86. The van der Waals surface area contributed by atoms with E-state index in [0.717, 1.165) is 64.0 Å². The lowest BCUT2D eigenvalue weighted by atomic mass is 9.49. The zero-order chi connectivity index (χ0) is 22.0. The van der Waals surface area contributed by atoms with Crippen LogP contribution in [0.3, 0.4) is 0 Å². The first-order chi connectivity index (χ1) is 14.9. The minimum atomic E-state index is -0.127. The molecule has 4 rings (SSSR count). The number of Topliss-reactive ketones (excluding diaryl/α,β-unsaturated/α-hetero) is 1. The molecule has 3 fully saturated rings.